The topological polar surface area (TPSA) is 156 Å². The number of nitro benzene ring substituents is 1. The van der Waals surface area contributed by atoms with Crippen molar-refractivity contribution in [1.82, 2.24) is 0 Å². The van der Waals surface area contributed by atoms with Crippen LogP contribution in [0.3, 0.4) is 0 Å². The van der Waals surface area contributed by atoms with Crippen LogP contribution in [-0.2, 0) is 14.8 Å². The second-order valence-electron chi connectivity index (χ2n) is 5.20. The third kappa shape index (κ3) is 4.51. The minimum Gasteiger partial charge on any atom is -0.478 e. The molecule has 0 atom stereocenters. The van der Waals surface area contributed by atoms with Gasteiger partial charge in [-0.2, -0.15) is 0 Å². The molecular weight excluding hydrogens is 402 g/mol. The van der Waals surface area contributed by atoms with Gasteiger partial charge in [0.2, 0.25) is 5.91 Å². The quantitative estimate of drug-likeness (QED) is 0.485. The normalized spacial score (nSPS) is 10.9. The maximum Gasteiger partial charge on any atom is 0.335 e. The van der Waals surface area contributed by atoms with E-state index in [2.05, 4.69) is 10.0 Å². The third-order valence-electron chi connectivity index (χ3n) is 3.24. The van der Waals surface area contributed by atoms with E-state index < -0.39 is 48.0 Å². The van der Waals surface area contributed by atoms with Crippen LogP contribution >= 0.6 is 11.6 Å². The van der Waals surface area contributed by atoms with Crippen LogP contribution in [0.5, 0.6) is 0 Å². The zero-order chi connectivity index (χ0) is 20.4. The minimum absolute atomic E-state index is 0.0350. The van der Waals surface area contributed by atoms with E-state index in [1.54, 1.807) is 6.07 Å². The number of hydrogen-bond donors (Lipinski definition) is 3. The van der Waals surface area contributed by atoms with Gasteiger partial charge in [0, 0.05) is 13.0 Å². The van der Waals surface area contributed by atoms with Gasteiger partial charge < -0.3 is 10.4 Å². The Morgan fingerprint density at radius 2 is 1.78 bits per heavy atom. The number of sulfonamides is 1. The largest absolute Gasteiger partial charge is 0.478 e. The zero-order valence-electron chi connectivity index (χ0n) is 13.6. The molecule has 0 saturated heterocycles. The molecule has 10 nitrogen and oxygen atoms in total. The Labute approximate surface area is 158 Å². The SMILES string of the molecule is CC(=O)Nc1ccccc1NS(=O)(=O)c1cc(C(=O)O)cc([N+](=O)[O-])c1Cl. The number of rotatable bonds is 6. The van der Waals surface area contributed by atoms with Gasteiger partial charge in [-0.15, -0.1) is 0 Å². The van der Waals surface area contributed by atoms with Crippen molar-refractivity contribution in [2.24, 2.45) is 0 Å². The lowest BCUT2D eigenvalue weighted by molar-refractivity contribution is -0.384. The monoisotopic (exact) mass is 413 g/mol. The van der Waals surface area contributed by atoms with Crippen molar-refractivity contribution in [2.75, 3.05) is 10.0 Å². The second kappa shape index (κ2) is 7.60. The number of hydrogen-bond acceptors (Lipinski definition) is 6. The van der Waals surface area contributed by atoms with Gasteiger partial charge in [-0.05, 0) is 18.2 Å². The smallest absolute Gasteiger partial charge is 0.335 e. The molecule has 1 amide bonds. The highest BCUT2D eigenvalue weighted by atomic mass is 35.5. The number of amides is 1. The summed E-state index contributed by atoms with van der Waals surface area (Å²) < 4.78 is 27.5. The highest BCUT2D eigenvalue weighted by Crippen LogP contribution is 2.34. The fourth-order valence-corrected chi connectivity index (χ4v) is 3.79. The maximum atomic E-state index is 12.7. The molecule has 0 aliphatic heterocycles. The summed E-state index contributed by atoms with van der Waals surface area (Å²) in [5, 5.41) is 21.8. The molecule has 12 heteroatoms. The molecule has 27 heavy (non-hydrogen) atoms. The molecule has 2 aromatic carbocycles. The first-order valence-electron chi connectivity index (χ1n) is 7.13. The summed E-state index contributed by atoms with van der Waals surface area (Å²) in [4.78, 5) is 31.7. The van der Waals surface area contributed by atoms with Gasteiger partial charge in [-0.1, -0.05) is 23.7 Å². The first-order chi connectivity index (χ1) is 12.5. The fraction of sp³-hybridized carbons (Fsp3) is 0.0667. The van der Waals surface area contributed by atoms with Gasteiger partial charge in [-0.3, -0.25) is 19.6 Å². The number of carboxylic acids is 1. The minimum atomic E-state index is -4.52. The van der Waals surface area contributed by atoms with E-state index in [9.17, 15) is 28.1 Å². The first-order valence-corrected chi connectivity index (χ1v) is 8.99. The Hall–Kier alpha value is -3.18. The summed E-state index contributed by atoms with van der Waals surface area (Å²) in [6, 6.07) is 7.17. The number of aromatic carboxylic acids is 1. The lowest BCUT2D eigenvalue weighted by Crippen LogP contribution is -2.17. The Bertz CT molecular complexity index is 1050. The average Bonchev–Trinajstić information content (AvgIpc) is 2.55. The number of anilines is 2. The molecule has 0 spiro atoms. The molecule has 0 unspecified atom stereocenters. The van der Waals surface area contributed by atoms with Crippen molar-refractivity contribution in [1.29, 1.82) is 0 Å². The molecule has 142 valence electrons. The van der Waals surface area contributed by atoms with Crippen molar-refractivity contribution in [3.05, 3.63) is 57.1 Å². The standard InChI is InChI=1S/C15H12ClN3O7S/c1-8(20)17-10-4-2-3-5-11(10)18-27(25,26)13-7-9(15(21)22)6-12(14(13)16)19(23)24/h2-7,18H,1H3,(H,17,20)(H,21,22). The summed E-state index contributed by atoms with van der Waals surface area (Å²) in [6.07, 6.45) is 0. The lowest BCUT2D eigenvalue weighted by atomic mass is 10.2. The maximum absolute atomic E-state index is 12.7. The van der Waals surface area contributed by atoms with Gasteiger partial charge >= 0.3 is 5.97 Å². The average molecular weight is 414 g/mol. The fourth-order valence-electron chi connectivity index (χ4n) is 2.11. The van der Waals surface area contributed by atoms with Crippen molar-refractivity contribution >= 4 is 50.6 Å². The number of carbonyl (C=O) groups excluding carboxylic acids is 1. The van der Waals surface area contributed by atoms with E-state index in [0.717, 1.165) is 0 Å². The molecule has 0 heterocycles. The van der Waals surface area contributed by atoms with E-state index in [4.69, 9.17) is 16.7 Å². The summed E-state index contributed by atoms with van der Waals surface area (Å²) in [5.74, 6) is -2.02. The number of nitro groups is 1. The molecule has 0 aliphatic rings. The van der Waals surface area contributed by atoms with Crippen LogP contribution in [0, 0.1) is 10.1 Å². The van der Waals surface area contributed by atoms with Crippen molar-refractivity contribution in [3.8, 4) is 0 Å². The second-order valence-corrected chi connectivity index (χ2v) is 7.23. The van der Waals surface area contributed by atoms with E-state index in [-0.39, 0.29) is 11.4 Å². The van der Waals surface area contributed by atoms with Crippen molar-refractivity contribution in [3.63, 3.8) is 0 Å². The summed E-state index contributed by atoms with van der Waals surface area (Å²) >= 11 is 5.83. The molecule has 0 radical (unpaired) electrons. The first kappa shape index (κ1) is 20.1. The molecular formula is C15H12ClN3O7S. The van der Waals surface area contributed by atoms with E-state index in [1.165, 1.54) is 25.1 Å². The number of nitrogens with one attached hydrogen (secondary N) is 2. The van der Waals surface area contributed by atoms with Gasteiger partial charge in [0.05, 0.1) is 21.9 Å². The number of carboxylic acid groups (broad SMARTS) is 1. The summed E-state index contributed by atoms with van der Waals surface area (Å²) in [5.41, 5.74) is -1.39. The van der Waals surface area contributed by atoms with Crippen molar-refractivity contribution in [2.45, 2.75) is 11.8 Å². The lowest BCUT2D eigenvalue weighted by Gasteiger charge is -2.14. The zero-order valence-corrected chi connectivity index (χ0v) is 15.2. The van der Waals surface area contributed by atoms with Crippen LogP contribution < -0.4 is 10.0 Å². The Morgan fingerprint density at radius 3 is 2.30 bits per heavy atom. The van der Waals surface area contributed by atoms with Crippen LogP contribution in [-0.4, -0.2) is 30.3 Å². The predicted molar refractivity (Wildman–Crippen MR) is 96.6 cm³/mol. The van der Waals surface area contributed by atoms with E-state index in [0.29, 0.717) is 12.1 Å². The molecule has 0 saturated carbocycles. The summed E-state index contributed by atoms with van der Waals surface area (Å²) in [7, 11) is -4.52. The molecule has 2 aromatic rings. The van der Waals surface area contributed by atoms with Gasteiger partial charge in [-0.25, -0.2) is 13.2 Å². The highest BCUT2D eigenvalue weighted by molar-refractivity contribution is 7.92. The molecule has 0 bridgehead atoms. The van der Waals surface area contributed by atoms with Crippen LogP contribution in [0.15, 0.2) is 41.3 Å². The Balaban J connectivity index is 2.59. The molecule has 0 aliphatic carbocycles. The Kier molecular flexibility index (Phi) is 5.66. The van der Waals surface area contributed by atoms with E-state index in [1.807, 2.05) is 0 Å². The van der Waals surface area contributed by atoms with Crippen LogP contribution in [0.1, 0.15) is 17.3 Å². The van der Waals surface area contributed by atoms with E-state index >= 15 is 0 Å². The Morgan fingerprint density at radius 1 is 1.19 bits per heavy atom. The number of carbonyl (C=O) groups is 2. The summed E-state index contributed by atoms with van der Waals surface area (Å²) in [6.45, 7) is 1.22. The predicted octanol–water partition coefficient (Wildman–Crippen LogP) is 2.71. The number of halogens is 1. The van der Waals surface area contributed by atoms with Gasteiger partial charge in [0.25, 0.3) is 15.7 Å². The number of nitrogens with zero attached hydrogens (tertiary/aromatic N) is 1. The highest BCUT2D eigenvalue weighted by Gasteiger charge is 2.28. The van der Waals surface area contributed by atoms with Gasteiger partial charge in [0.15, 0.2) is 0 Å². The van der Waals surface area contributed by atoms with Crippen molar-refractivity contribution < 1.29 is 28.0 Å². The molecule has 2 rings (SSSR count). The van der Waals surface area contributed by atoms with Crippen LogP contribution in [0.25, 0.3) is 0 Å². The number of para-hydroxylation sites is 2. The van der Waals surface area contributed by atoms with Gasteiger partial charge in [0.1, 0.15) is 9.92 Å². The third-order valence-corrected chi connectivity index (χ3v) is 5.13. The van der Waals surface area contributed by atoms with Crippen LogP contribution in [0.4, 0.5) is 17.1 Å². The molecule has 3 N–H and O–H groups in total. The molecule has 0 aromatic heterocycles. The number of benzene rings is 2. The van der Waals surface area contributed by atoms with Crippen LogP contribution in [0.2, 0.25) is 5.02 Å². The molecule has 0 fully saturated rings.